The molecule has 0 aliphatic carbocycles. The van der Waals surface area contributed by atoms with Gasteiger partial charge in [0.2, 0.25) is 0 Å². The molecule has 0 bridgehead atoms. The lowest BCUT2D eigenvalue weighted by atomic mass is 10.2. The van der Waals surface area contributed by atoms with Gasteiger partial charge in [-0.25, -0.2) is 9.97 Å². The van der Waals surface area contributed by atoms with E-state index in [-0.39, 0.29) is 5.91 Å². The molecule has 0 unspecified atom stereocenters. The summed E-state index contributed by atoms with van der Waals surface area (Å²) in [6.45, 7) is 2.49. The molecule has 0 atom stereocenters. The highest BCUT2D eigenvalue weighted by Gasteiger charge is 2.04. The monoisotopic (exact) mass is 216 g/mol. The van der Waals surface area contributed by atoms with Crippen molar-refractivity contribution < 1.29 is 4.79 Å². The topological polar surface area (TPSA) is 59.8 Å². The second kappa shape index (κ2) is 4.57. The summed E-state index contributed by atoms with van der Waals surface area (Å²) in [4.78, 5) is 19.6. The molecule has 2 aromatic rings. The fraction of sp³-hybridized carbons (Fsp3) is 0.182. The number of aromatic nitrogens is 3. The Morgan fingerprint density at radius 3 is 2.94 bits per heavy atom. The van der Waals surface area contributed by atoms with Crippen LogP contribution in [0.5, 0.6) is 0 Å². The van der Waals surface area contributed by atoms with Gasteiger partial charge in [0.1, 0.15) is 12.1 Å². The van der Waals surface area contributed by atoms with Gasteiger partial charge < -0.3 is 5.32 Å². The average molecular weight is 216 g/mol. The highest BCUT2D eigenvalue weighted by molar-refractivity contribution is 5.93. The standard InChI is InChI=1S/C11H12N4O/c1-2-13-11(16)9-3-4-10(14-7-9)15-6-5-12-8-15/h3-8H,2H2,1H3,(H,13,16). The second-order valence-corrected chi connectivity index (χ2v) is 3.23. The van der Waals surface area contributed by atoms with E-state index in [0.29, 0.717) is 12.1 Å². The molecule has 2 rings (SSSR count). The maximum absolute atomic E-state index is 11.5. The number of hydrogen-bond acceptors (Lipinski definition) is 3. The fourth-order valence-corrected chi connectivity index (χ4v) is 1.33. The van der Waals surface area contributed by atoms with Crippen LogP contribution in [0.2, 0.25) is 0 Å². The van der Waals surface area contributed by atoms with Gasteiger partial charge in [0.15, 0.2) is 0 Å². The molecule has 2 heterocycles. The van der Waals surface area contributed by atoms with E-state index in [1.807, 2.05) is 6.92 Å². The Morgan fingerprint density at radius 1 is 1.50 bits per heavy atom. The van der Waals surface area contributed by atoms with Gasteiger partial charge in [0.05, 0.1) is 5.56 Å². The Morgan fingerprint density at radius 2 is 2.38 bits per heavy atom. The number of pyridine rings is 1. The Kier molecular flexibility index (Phi) is 2.95. The highest BCUT2D eigenvalue weighted by atomic mass is 16.1. The molecule has 0 fully saturated rings. The van der Waals surface area contributed by atoms with Crippen molar-refractivity contribution in [2.45, 2.75) is 6.92 Å². The summed E-state index contributed by atoms with van der Waals surface area (Å²) >= 11 is 0. The number of nitrogens with zero attached hydrogens (tertiary/aromatic N) is 3. The van der Waals surface area contributed by atoms with Crippen LogP contribution in [0, 0.1) is 0 Å². The lowest BCUT2D eigenvalue weighted by Gasteiger charge is -2.03. The lowest BCUT2D eigenvalue weighted by Crippen LogP contribution is -2.22. The summed E-state index contributed by atoms with van der Waals surface area (Å²) in [7, 11) is 0. The molecule has 0 spiro atoms. The second-order valence-electron chi connectivity index (χ2n) is 3.23. The minimum atomic E-state index is -0.104. The molecule has 5 nitrogen and oxygen atoms in total. The predicted octanol–water partition coefficient (Wildman–Crippen LogP) is 1.02. The third-order valence-electron chi connectivity index (χ3n) is 2.12. The number of carbonyl (C=O) groups is 1. The molecule has 1 N–H and O–H groups in total. The largest absolute Gasteiger partial charge is 0.352 e. The van der Waals surface area contributed by atoms with Crippen molar-refractivity contribution in [2.75, 3.05) is 6.54 Å². The molecule has 0 saturated heterocycles. The molecule has 0 aliphatic rings. The molecule has 0 aliphatic heterocycles. The first-order chi connectivity index (χ1) is 7.81. The molecule has 0 aromatic carbocycles. The molecule has 1 amide bonds. The SMILES string of the molecule is CCNC(=O)c1ccc(-n2ccnc2)nc1. The van der Waals surface area contributed by atoms with Crippen LogP contribution in [0.15, 0.2) is 37.1 Å². The molecule has 16 heavy (non-hydrogen) atoms. The van der Waals surface area contributed by atoms with E-state index in [2.05, 4.69) is 15.3 Å². The van der Waals surface area contributed by atoms with Crippen molar-refractivity contribution in [3.63, 3.8) is 0 Å². The van der Waals surface area contributed by atoms with Crippen molar-refractivity contribution >= 4 is 5.91 Å². The third kappa shape index (κ3) is 2.08. The summed E-state index contributed by atoms with van der Waals surface area (Å²) < 4.78 is 1.78. The summed E-state index contributed by atoms with van der Waals surface area (Å²) in [5, 5.41) is 2.72. The first-order valence-corrected chi connectivity index (χ1v) is 5.04. The van der Waals surface area contributed by atoms with E-state index in [0.717, 1.165) is 5.82 Å². The maximum Gasteiger partial charge on any atom is 0.252 e. The molecule has 5 heteroatoms. The van der Waals surface area contributed by atoms with E-state index < -0.39 is 0 Å². The van der Waals surface area contributed by atoms with Gasteiger partial charge in [-0.1, -0.05) is 0 Å². The number of hydrogen-bond donors (Lipinski definition) is 1. The van der Waals surface area contributed by atoms with Crippen molar-refractivity contribution in [1.82, 2.24) is 19.9 Å². The van der Waals surface area contributed by atoms with Gasteiger partial charge in [0, 0.05) is 25.1 Å². The quantitative estimate of drug-likeness (QED) is 0.833. The van der Waals surface area contributed by atoms with E-state index in [4.69, 9.17) is 0 Å². The number of carbonyl (C=O) groups excluding carboxylic acids is 1. The minimum absolute atomic E-state index is 0.104. The van der Waals surface area contributed by atoms with Crippen LogP contribution in [-0.2, 0) is 0 Å². The summed E-state index contributed by atoms with van der Waals surface area (Å²) in [5.41, 5.74) is 0.561. The van der Waals surface area contributed by atoms with Crippen LogP contribution >= 0.6 is 0 Å². The van der Waals surface area contributed by atoms with Crippen molar-refractivity contribution in [1.29, 1.82) is 0 Å². The maximum atomic E-state index is 11.5. The Balaban J connectivity index is 2.20. The highest BCUT2D eigenvalue weighted by Crippen LogP contribution is 2.05. The smallest absolute Gasteiger partial charge is 0.252 e. The number of imidazole rings is 1. The van der Waals surface area contributed by atoms with Crippen LogP contribution in [0.4, 0.5) is 0 Å². The first kappa shape index (κ1) is 10.4. The third-order valence-corrected chi connectivity index (χ3v) is 2.12. The zero-order valence-corrected chi connectivity index (χ0v) is 8.92. The van der Waals surface area contributed by atoms with Crippen molar-refractivity contribution in [3.05, 3.63) is 42.6 Å². The summed E-state index contributed by atoms with van der Waals surface area (Å²) in [6.07, 6.45) is 6.70. The van der Waals surface area contributed by atoms with Crippen LogP contribution < -0.4 is 5.32 Å². The molecule has 0 saturated carbocycles. The lowest BCUT2D eigenvalue weighted by molar-refractivity contribution is 0.0955. The van der Waals surface area contributed by atoms with Gasteiger partial charge in [-0.2, -0.15) is 0 Å². The van der Waals surface area contributed by atoms with Gasteiger partial charge >= 0.3 is 0 Å². The predicted molar refractivity (Wildman–Crippen MR) is 59.4 cm³/mol. The molecule has 82 valence electrons. The van der Waals surface area contributed by atoms with Gasteiger partial charge in [-0.05, 0) is 19.1 Å². The van der Waals surface area contributed by atoms with Crippen LogP contribution in [0.25, 0.3) is 5.82 Å². The van der Waals surface area contributed by atoms with Crippen LogP contribution in [-0.4, -0.2) is 27.0 Å². The minimum Gasteiger partial charge on any atom is -0.352 e. The van der Waals surface area contributed by atoms with Crippen LogP contribution in [0.3, 0.4) is 0 Å². The molecular weight excluding hydrogens is 204 g/mol. The van der Waals surface area contributed by atoms with Crippen molar-refractivity contribution in [3.8, 4) is 5.82 Å². The van der Waals surface area contributed by atoms with Crippen molar-refractivity contribution in [2.24, 2.45) is 0 Å². The summed E-state index contributed by atoms with van der Waals surface area (Å²) in [5.74, 6) is 0.637. The van der Waals surface area contributed by atoms with E-state index >= 15 is 0 Å². The zero-order chi connectivity index (χ0) is 11.4. The number of amides is 1. The first-order valence-electron chi connectivity index (χ1n) is 5.04. The van der Waals surface area contributed by atoms with Gasteiger partial charge in [-0.3, -0.25) is 9.36 Å². The normalized spacial score (nSPS) is 10.1. The fourth-order valence-electron chi connectivity index (χ4n) is 1.33. The van der Waals surface area contributed by atoms with Gasteiger partial charge in [-0.15, -0.1) is 0 Å². The van der Waals surface area contributed by atoms with Gasteiger partial charge in [0.25, 0.3) is 5.91 Å². The zero-order valence-electron chi connectivity index (χ0n) is 8.92. The van der Waals surface area contributed by atoms with E-state index in [9.17, 15) is 4.79 Å². The Labute approximate surface area is 93.2 Å². The van der Waals surface area contributed by atoms with E-state index in [1.54, 1.807) is 41.6 Å². The molecular formula is C11H12N4O. The average Bonchev–Trinajstić information content (AvgIpc) is 2.83. The molecule has 0 radical (unpaired) electrons. The Bertz CT molecular complexity index is 461. The number of rotatable bonds is 3. The molecule has 2 aromatic heterocycles. The Hall–Kier alpha value is -2.17. The number of nitrogens with one attached hydrogen (secondary N) is 1. The van der Waals surface area contributed by atoms with Crippen LogP contribution in [0.1, 0.15) is 17.3 Å². The van der Waals surface area contributed by atoms with E-state index in [1.165, 1.54) is 0 Å². The summed E-state index contributed by atoms with van der Waals surface area (Å²) in [6, 6.07) is 3.53.